The highest BCUT2D eigenvalue weighted by Crippen LogP contribution is 2.37. The number of nitrogens with two attached hydrogens (primary N) is 1. The molecule has 0 fully saturated rings. The van der Waals surface area contributed by atoms with E-state index in [1.54, 1.807) is 6.07 Å². The second kappa shape index (κ2) is 8.17. The average Bonchev–Trinajstić information content (AvgIpc) is 2.43. The number of alkyl halides is 3. The number of benzene rings is 1. The minimum atomic E-state index is -4.46. The Morgan fingerprint density at radius 1 is 1.23 bits per heavy atom. The van der Waals surface area contributed by atoms with Crippen molar-refractivity contribution < 1.29 is 18.0 Å². The largest absolute Gasteiger partial charge is 0.396 e. The van der Waals surface area contributed by atoms with E-state index in [1.807, 2.05) is 13.8 Å². The minimum Gasteiger partial charge on any atom is -0.352 e. The smallest absolute Gasteiger partial charge is 0.352 e. The van der Waals surface area contributed by atoms with Crippen molar-refractivity contribution in [2.75, 3.05) is 6.54 Å². The third-order valence-corrected chi connectivity index (χ3v) is 3.39. The van der Waals surface area contributed by atoms with Crippen molar-refractivity contribution in [3.8, 4) is 0 Å². The summed E-state index contributed by atoms with van der Waals surface area (Å²) in [6.07, 6.45) is -4.44. The van der Waals surface area contributed by atoms with Gasteiger partial charge in [-0.2, -0.15) is 13.2 Å². The minimum absolute atomic E-state index is 0.0957. The summed E-state index contributed by atoms with van der Waals surface area (Å²) < 4.78 is 39.6. The Labute approximate surface area is 129 Å². The number of hydrogen-bond acceptors (Lipinski definition) is 2. The summed E-state index contributed by atoms with van der Waals surface area (Å²) in [7, 11) is 0. The molecule has 2 unspecified atom stereocenters. The SMILES string of the molecule is CC(C)CC(CN)NC(=O)CC(c1ccccc1)C(F)(F)F. The number of amides is 1. The zero-order chi connectivity index (χ0) is 16.8. The normalized spacial score (nSPS) is 14.7. The lowest BCUT2D eigenvalue weighted by Gasteiger charge is -2.23. The Balaban J connectivity index is 2.76. The predicted molar refractivity (Wildman–Crippen MR) is 80.3 cm³/mol. The van der Waals surface area contributed by atoms with Gasteiger partial charge in [-0.25, -0.2) is 0 Å². The molecule has 0 aliphatic heterocycles. The van der Waals surface area contributed by atoms with Crippen LogP contribution in [0.3, 0.4) is 0 Å². The van der Waals surface area contributed by atoms with Gasteiger partial charge in [0.2, 0.25) is 5.91 Å². The number of hydrogen-bond donors (Lipinski definition) is 2. The molecular formula is C16H23F3N2O. The lowest BCUT2D eigenvalue weighted by molar-refractivity contribution is -0.157. The van der Waals surface area contributed by atoms with Gasteiger partial charge in [-0.05, 0) is 17.9 Å². The molecule has 0 saturated heterocycles. The van der Waals surface area contributed by atoms with Gasteiger partial charge in [0.1, 0.15) is 0 Å². The molecule has 0 saturated carbocycles. The van der Waals surface area contributed by atoms with Crippen LogP contribution in [0.15, 0.2) is 30.3 Å². The summed E-state index contributed by atoms with van der Waals surface area (Å²) in [4.78, 5) is 12.0. The second-order valence-corrected chi connectivity index (χ2v) is 5.84. The van der Waals surface area contributed by atoms with E-state index in [0.29, 0.717) is 12.3 Å². The van der Waals surface area contributed by atoms with Crippen LogP contribution in [0.1, 0.15) is 38.2 Å². The monoisotopic (exact) mass is 316 g/mol. The lowest BCUT2D eigenvalue weighted by Crippen LogP contribution is -2.42. The number of carbonyl (C=O) groups is 1. The van der Waals surface area contributed by atoms with E-state index in [0.717, 1.165) is 0 Å². The van der Waals surface area contributed by atoms with Gasteiger partial charge in [-0.1, -0.05) is 44.2 Å². The Hall–Kier alpha value is -1.56. The molecule has 3 nitrogen and oxygen atoms in total. The number of nitrogens with one attached hydrogen (secondary N) is 1. The Morgan fingerprint density at radius 3 is 2.27 bits per heavy atom. The van der Waals surface area contributed by atoms with Crippen LogP contribution < -0.4 is 11.1 Å². The molecule has 22 heavy (non-hydrogen) atoms. The van der Waals surface area contributed by atoms with E-state index < -0.39 is 24.4 Å². The van der Waals surface area contributed by atoms with Gasteiger partial charge in [0, 0.05) is 19.0 Å². The van der Waals surface area contributed by atoms with E-state index in [-0.39, 0.29) is 18.2 Å². The Morgan fingerprint density at radius 2 is 1.82 bits per heavy atom. The fraction of sp³-hybridized carbons (Fsp3) is 0.562. The molecule has 0 aromatic heterocycles. The van der Waals surface area contributed by atoms with Gasteiger partial charge >= 0.3 is 6.18 Å². The molecule has 1 aromatic carbocycles. The second-order valence-electron chi connectivity index (χ2n) is 5.84. The highest BCUT2D eigenvalue weighted by atomic mass is 19.4. The van der Waals surface area contributed by atoms with Gasteiger partial charge in [-0.15, -0.1) is 0 Å². The van der Waals surface area contributed by atoms with Crippen LogP contribution in [0.25, 0.3) is 0 Å². The maximum absolute atomic E-state index is 13.2. The third kappa shape index (κ3) is 6.05. The molecule has 2 atom stereocenters. The van der Waals surface area contributed by atoms with Crippen molar-refractivity contribution in [2.24, 2.45) is 11.7 Å². The van der Waals surface area contributed by atoms with Crippen LogP contribution in [0, 0.1) is 5.92 Å². The van der Waals surface area contributed by atoms with Crippen LogP contribution in [0.2, 0.25) is 0 Å². The van der Waals surface area contributed by atoms with E-state index in [9.17, 15) is 18.0 Å². The van der Waals surface area contributed by atoms with E-state index in [2.05, 4.69) is 5.32 Å². The van der Waals surface area contributed by atoms with Crippen LogP contribution in [-0.4, -0.2) is 24.7 Å². The first kappa shape index (κ1) is 18.5. The van der Waals surface area contributed by atoms with Crippen molar-refractivity contribution in [1.29, 1.82) is 0 Å². The van der Waals surface area contributed by atoms with Gasteiger partial charge < -0.3 is 11.1 Å². The third-order valence-electron chi connectivity index (χ3n) is 3.39. The van der Waals surface area contributed by atoms with Crippen LogP contribution in [0.4, 0.5) is 13.2 Å². The summed E-state index contributed by atoms with van der Waals surface area (Å²) in [5.74, 6) is -2.12. The highest BCUT2D eigenvalue weighted by Gasteiger charge is 2.41. The van der Waals surface area contributed by atoms with E-state index >= 15 is 0 Å². The molecule has 3 N–H and O–H groups in total. The van der Waals surface area contributed by atoms with E-state index in [1.165, 1.54) is 24.3 Å². The fourth-order valence-electron chi connectivity index (χ4n) is 2.36. The summed E-state index contributed by atoms with van der Waals surface area (Å²) in [6.45, 7) is 4.15. The van der Waals surface area contributed by atoms with Crippen molar-refractivity contribution in [1.82, 2.24) is 5.32 Å². The van der Waals surface area contributed by atoms with Crippen LogP contribution in [0.5, 0.6) is 0 Å². The lowest BCUT2D eigenvalue weighted by atomic mass is 9.94. The molecule has 0 heterocycles. The molecule has 1 aromatic rings. The standard InChI is InChI=1S/C16H23F3N2O/c1-11(2)8-13(10-20)21-15(22)9-14(16(17,18)19)12-6-4-3-5-7-12/h3-7,11,13-14H,8-10,20H2,1-2H3,(H,21,22). The maximum Gasteiger partial charge on any atom is 0.396 e. The Kier molecular flexibility index (Phi) is 6.87. The maximum atomic E-state index is 13.2. The van der Waals surface area contributed by atoms with Crippen LogP contribution in [-0.2, 0) is 4.79 Å². The van der Waals surface area contributed by atoms with Gasteiger partial charge in [-0.3, -0.25) is 4.79 Å². The van der Waals surface area contributed by atoms with E-state index in [4.69, 9.17) is 5.73 Å². The van der Waals surface area contributed by atoms with Crippen molar-refractivity contribution in [3.63, 3.8) is 0 Å². The first-order valence-electron chi connectivity index (χ1n) is 7.35. The van der Waals surface area contributed by atoms with Crippen LogP contribution >= 0.6 is 0 Å². The molecule has 6 heteroatoms. The summed E-state index contributed by atoms with van der Waals surface area (Å²) >= 11 is 0. The number of carbonyl (C=O) groups excluding carboxylic acids is 1. The quantitative estimate of drug-likeness (QED) is 0.811. The zero-order valence-electron chi connectivity index (χ0n) is 12.9. The van der Waals surface area contributed by atoms with Crippen molar-refractivity contribution >= 4 is 5.91 Å². The van der Waals surface area contributed by atoms with Gasteiger partial charge in [0.05, 0.1) is 5.92 Å². The highest BCUT2D eigenvalue weighted by molar-refractivity contribution is 5.77. The summed E-state index contributed by atoms with van der Waals surface area (Å²) in [5.41, 5.74) is 5.66. The first-order chi connectivity index (χ1) is 10.2. The topological polar surface area (TPSA) is 55.1 Å². The van der Waals surface area contributed by atoms with Crippen molar-refractivity contribution in [3.05, 3.63) is 35.9 Å². The van der Waals surface area contributed by atoms with Crippen molar-refractivity contribution in [2.45, 2.75) is 44.8 Å². The molecule has 0 spiro atoms. The first-order valence-corrected chi connectivity index (χ1v) is 7.35. The summed E-state index contributed by atoms with van der Waals surface area (Å²) in [5, 5.41) is 2.61. The molecule has 124 valence electrons. The number of rotatable bonds is 7. The molecule has 1 amide bonds. The number of halogens is 3. The molecule has 0 bridgehead atoms. The molecular weight excluding hydrogens is 293 g/mol. The zero-order valence-corrected chi connectivity index (χ0v) is 12.9. The summed E-state index contributed by atoms with van der Waals surface area (Å²) in [6, 6.07) is 7.20. The van der Waals surface area contributed by atoms with Gasteiger partial charge in [0.25, 0.3) is 0 Å². The molecule has 1 rings (SSSR count). The fourth-order valence-corrected chi connectivity index (χ4v) is 2.36. The average molecular weight is 316 g/mol. The molecule has 0 aliphatic rings. The molecule has 0 aliphatic carbocycles. The predicted octanol–water partition coefficient (Wildman–Crippen LogP) is 3.21. The Bertz CT molecular complexity index is 460. The molecule has 0 radical (unpaired) electrons. The van der Waals surface area contributed by atoms with Gasteiger partial charge in [0.15, 0.2) is 0 Å².